The molecule has 0 amide bonds. The van der Waals surface area contributed by atoms with E-state index in [1.54, 1.807) is 6.92 Å². The summed E-state index contributed by atoms with van der Waals surface area (Å²) < 4.78 is 0. The van der Waals surface area contributed by atoms with E-state index in [9.17, 15) is 0 Å². The monoisotopic (exact) mass is 210 g/mol. The van der Waals surface area contributed by atoms with Crippen LogP contribution < -0.4 is 0 Å². The second-order valence-electron chi connectivity index (χ2n) is 4.07. The normalized spacial score (nSPS) is 10.2. The summed E-state index contributed by atoms with van der Waals surface area (Å²) in [5.74, 6) is 0. The van der Waals surface area contributed by atoms with Crippen LogP contribution in [0.2, 0.25) is 0 Å². The van der Waals surface area contributed by atoms with Gasteiger partial charge in [-0.3, -0.25) is 0 Å². The molecule has 0 radical (unpaired) electrons. The maximum absolute atomic E-state index is 9.13. The summed E-state index contributed by atoms with van der Waals surface area (Å²) in [4.78, 5) is 0. The van der Waals surface area contributed by atoms with E-state index in [4.69, 9.17) is 10.5 Å². The number of benzene rings is 1. The lowest BCUT2D eigenvalue weighted by atomic mass is 9.79. The van der Waals surface area contributed by atoms with Gasteiger partial charge < -0.3 is 0 Å². The number of rotatable bonds is 3. The van der Waals surface area contributed by atoms with E-state index in [1.165, 1.54) is 5.56 Å². The maximum atomic E-state index is 9.13. The minimum atomic E-state index is -1.10. The standard InChI is InChI=1S/C14H14N2/c1-11(2)14(9-15,10-16)8-13-6-4-12(3)5-7-13/h4-7H,1,8H2,2-3H3. The van der Waals surface area contributed by atoms with E-state index >= 15 is 0 Å². The van der Waals surface area contributed by atoms with Gasteiger partial charge in [0.25, 0.3) is 0 Å². The van der Waals surface area contributed by atoms with E-state index in [0.29, 0.717) is 12.0 Å². The molecule has 1 rings (SSSR count). The number of aryl methyl sites for hydroxylation is 1. The summed E-state index contributed by atoms with van der Waals surface area (Å²) >= 11 is 0. The maximum Gasteiger partial charge on any atom is 0.168 e. The van der Waals surface area contributed by atoms with Crippen molar-refractivity contribution in [3.63, 3.8) is 0 Å². The summed E-state index contributed by atoms with van der Waals surface area (Å²) in [6, 6.07) is 12.0. The Bertz CT molecular complexity index is 455. The summed E-state index contributed by atoms with van der Waals surface area (Å²) in [7, 11) is 0. The molecule has 0 heterocycles. The van der Waals surface area contributed by atoms with Crippen molar-refractivity contribution in [2.24, 2.45) is 5.41 Å². The number of hydrogen-bond donors (Lipinski definition) is 0. The fourth-order valence-corrected chi connectivity index (χ4v) is 1.46. The fraction of sp³-hybridized carbons (Fsp3) is 0.286. The third-order valence-electron chi connectivity index (χ3n) is 2.70. The van der Waals surface area contributed by atoms with Crippen LogP contribution in [0.15, 0.2) is 36.4 Å². The van der Waals surface area contributed by atoms with Crippen LogP contribution in [0.5, 0.6) is 0 Å². The Morgan fingerprint density at radius 1 is 1.25 bits per heavy atom. The first-order valence-electron chi connectivity index (χ1n) is 5.08. The molecule has 16 heavy (non-hydrogen) atoms. The summed E-state index contributed by atoms with van der Waals surface area (Å²) in [6.07, 6.45) is 0.398. The lowest BCUT2D eigenvalue weighted by Gasteiger charge is -2.18. The highest BCUT2D eigenvalue weighted by Crippen LogP contribution is 2.29. The Morgan fingerprint density at radius 2 is 1.75 bits per heavy atom. The van der Waals surface area contributed by atoms with Crippen molar-refractivity contribution in [3.05, 3.63) is 47.5 Å². The number of nitrogens with zero attached hydrogens (tertiary/aromatic N) is 2. The molecule has 1 aromatic rings. The van der Waals surface area contributed by atoms with Crippen molar-refractivity contribution in [1.82, 2.24) is 0 Å². The highest BCUT2D eigenvalue weighted by molar-refractivity contribution is 5.35. The largest absolute Gasteiger partial charge is 0.196 e. The van der Waals surface area contributed by atoms with E-state index < -0.39 is 5.41 Å². The van der Waals surface area contributed by atoms with Gasteiger partial charge in [0.2, 0.25) is 0 Å². The molecule has 0 aliphatic rings. The van der Waals surface area contributed by atoms with Crippen LogP contribution in [0.25, 0.3) is 0 Å². The van der Waals surface area contributed by atoms with Crippen LogP contribution in [0.4, 0.5) is 0 Å². The first kappa shape index (κ1) is 12.0. The molecular weight excluding hydrogens is 196 g/mol. The molecule has 0 saturated heterocycles. The molecule has 0 N–H and O–H groups in total. The molecule has 2 nitrogen and oxygen atoms in total. The molecule has 1 aromatic carbocycles. The third-order valence-corrected chi connectivity index (χ3v) is 2.70. The second-order valence-corrected chi connectivity index (χ2v) is 4.07. The predicted molar refractivity (Wildman–Crippen MR) is 63.4 cm³/mol. The minimum Gasteiger partial charge on any atom is -0.196 e. The number of nitriles is 2. The van der Waals surface area contributed by atoms with Crippen LogP contribution in [-0.4, -0.2) is 0 Å². The van der Waals surface area contributed by atoms with Gasteiger partial charge >= 0.3 is 0 Å². The zero-order valence-electron chi connectivity index (χ0n) is 9.62. The predicted octanol–water partition coefficient (Wildman–Crippen LogP) is 3.15. The second kappa shape index (κ2) is 4.64. The first-order chi connectivity index (χ1) is 7.54. The summed E-state index contributed by atoms with van der Waals surface area (Å²) in [5, 5.41) is 18.3. The Kier molecular flexibility index (Phi) is 3.48. The van der Waals surface area contributed by atoms with Crippen LogP contribution >= 0.6 is 0 Å². The Balaban J connectivity index is 3.03. The molecular formula is C14H14N2. The van der Waals surface area contributed by atoms with Gasteiger partial charge in [-0.2, -0.15) is 10.5 Å². The van der Waals surface area contributed by atoms with Crippen LogP contribution in [0, 0.1) is 35.0 Å². The molecule has 0 aliphatic heterocycles. The Hall–Kier alpha value is -2.06. The lowest BCUT2D eigenvalue weighted by molar-refractivity contribution is 0.615. The topological polar surface area (TPSA) is 47.6 Å². The average molecular weight is 210 g/mol. The zero-order valence-corrected chi connectivity index (χ0v) is 9.62. The summed E-state index contributed by atoms with van der Waals surface area (Å²) in [6.45, 7) is 7.47. The van der Waals surface area contributed by atoms with Crippen molar-refractivity contribution < 1.29 is 0 Å². The van der Waals surface area contributed by atoms with Gasteiger partial charge in [-0.25, -0.2) is 0 Å². The van der Waals surface area contributed by atoms with Crippen LogP contribution in [0.1, 0.15) is 18.1 Å². The van der Waals surface area contributed by atoms with Gasteiger partial charge in [-0.05, 0) is 25.0 Å². The lowest BCUT2D eigenvalue weighted by Crippen LogP contribution is -2.20. The van der Waals surface area contributed by atoms with Gasteiger partial charge in [0.05, 0.1) is 12.1 Å². The molecule has 0 aromatic heterocycles. The van der Waals surface area contributed by atoms with Gasteiger partial charge in [-0.15, -0.1) is 0 Å². The SMILES string of the molecule is C=C(C)C(C#N)(C#N)Cc1ccc(C)cc1. The van der Waals surface area contributed by atoms with Crippen molar-refractivity contribution in [2.45, 2.75) is 20.3 Å². The quantitative estimate of drug-likeness (QED) is 0.719. The van der Waals surface area contributed by atoms with Gasteiger partial charge in [0, 0.05) is 6.42 Å². The summed E-state index contributed by atoms with van der Waals surface area (Å²) in [5.41, 5.74) is 1.64. The molecule has 0 saturated carbocycles. The minimum absolute atomic E-state index is 0.398. The van der Waals surface area contributed by atoms with Crippen LogP contribution in [0.3, 0.4) is 0 Å². The highest BCUT2D eigenvalue weighted by atomic mass is 14.4. The number of allylic oxidation sites excluding steroid dienone is 1. The molecule has 0 atom stereocenters. The van der Waals surface area contributed by atoms with Gasteiger partial charge in [-0.1, -0.05) is 36.4 Å². The van der Waals surface area contributed by atoms with Crippen LogP contribution in [-0.2, 0) is 6.42 Å². The molecule has 2 heteroatoms. The molecule has 0 bridgehead atoms. The third kappa shape index (κ3) is 2.30. The van der Waals surface area contributed by atoms with Crippen molar-refractivity contribution in [1.29, 1.82) is 10.5 Å². The molecule has 80 valence electrons. The van der Waals surface area contributed by atoms with E-state index in [0.717, 1.165) is 5.56 Å². The highest BCUT2D eigenvalue weighted by Gasteiger charge is 2.31. The van der Waals surface area contributed by atoms with E-state index in [-0.39, 0.29) is 0 Å². The van der Waals surface area contributed by atoms with Crippen molar-refractivity contribution in [2.75, 3.05) is 0 Å². The molecule has 0 unspecified atom stereocenters. The van der Waals surface area contributed by atoms with Crippen molar-refractivity contribution >= 4 is 0 Å². The molecule has 0 spiro atoms. The van der Waals surface area contributed by atoms with Gasteiger partial charge in [0.1, 0.15) is 0 Å². The molecule has 0 fully saturated rings. The van der Waals surface area contributed by atoms with Gasteiger partial charge in [0.15, 0.2) is 5.41 Å². The fourth-order valence-electron chi connectivity index (χ4n) is 1.46. The first-order valence-corrected chi connectivity index (χ1v) is 5.08. The Morgan fingerprint density at radius 3 is 2.12 bits per heavy atom. The Labute approximate surface area is 96.4 Å². The molecule has 0 aliphatic carbocycles. The average Bonchev–Trinajstić information content (AvgIpc) is 2.28. The van der Waals surface area contributed by atoms with E-state index in [1.807, 2.05) is 31.2 Å². The van der Waals surface area contributed by atoms with Crippen molar-refractivity contribution in [3.8, 4) is 12.1 Å². The smallest absolute Gasteiger partial charge is 0.168 e. The zero-order chi connectivity index (χ0) is 12.2. The number of hydrogen-bond acceptors (Lipinski definition) is 2. The van der Waals surface area contributed by atoms with E-state index in [2.05, 4.69) is 18.7 Å².